The summed E-state index contributed by atoms with van der Waals surface area (Å²) in [7, 11) is -0.608. The lowest BCUT2D eigenvalue weighted by molar-refractivity contribution is -0.144. The molecule has 2 aromatic heterocycles. The molecule has 76 heavy (non-hydrogen) atoms. The molecule has 0 unspecified atom stereocenters. The molecule has 0 N–H and O–H groups in total. The number of alkyl halides is 1. The molecule has 0 atom stereocenters. The van der Waals surface area contributed by atoms with Crippen molar-refractivity contribution >= 4 is 70.1 Å². The second-order valence-electron chi connectivity index (χ2n) is 22.0. The Morgan fingerprint density at radius 2 is 1.09 bits per heavy atom. The summed E-state index contributed by atoms with van der Waals surface area (Å²) in [5.41, 5.74) is 6.96. The van der Waals surface area contributed by atoms with Crippen LogP contribution in [0.1, 0.15) is 104 Å². The van der Waals surface area contributed by atoms with Crippen molar-refractivity contribution < 1.29 is 52.0 Å². The molecule has 0 spiro atoms. The Kier molecular flexibility index (Phi) is 18.5. The van der Waals surface area contributed by atoms with E-state index in [9.17, 15) is 19.2 Å². The number of fused-ring (bicyclic) bond motifs is 1. The summed E-state index contributed by atoms with van der Waals surface area (Å²) in [5, 5.41) is 5.45. The zero-order valence-electron chi connectivity index (χ0n) is 45.3. The highest BCUT2D eigenvalue weighted by Crippen LogP contribution is 2.38. The van der Waals surface area contributed by atoms with Crippen LogP contribution >= 0.6 is 15.9 Å². The summed E-state index contributed by atoms with van der Waals surface area (Å²) < 4.78 is 41.1. The molecule has 3 aromatic carbocycles. The van der Waals surface area contributed by atoms with Crippen LogP contribution in [-0.2, 0) is 76.8 Å². The Morgan fingerprint density at radius 3 is 1.51 bits per heavy atom. The number of ether oxygens (including phenoxy) is 3. The van der Waals surface area contributed by atoms with Crippen molar-refractivity contribution in [3.63, 3.8) is 0 Å². The quantitative estimate of drug-likeness (QED) is 0.0994. The molecule has 6 aliphatic rings. The number of carbonyl (C=O) groups excluding carboxylic acids is 4. The van der Waals surface area contributed by atoms with Crippen LogP contribution in [0.4, 0.5) is 0 Å². The predicted molar refractivity (Wildman–Crippen MR) is 294 cm³/mol. The number of ketones is 2. The smallest absolute Gasteiger partial charge is 0.399 e. The highest BCUT2D eigenvalue weighted by molar-refractivity contribution is 9.08. The minimum absolute atomic E-state index is 0.0287. The van der Waals surface area contributed by atoms with E-state index in [0.717, 1.165) is 76.6 Å². The number of hydrogen-bond donors (Lipinski definition) is 0. The van der Waals surface area contributed by atoms with E-state index in [4.69, 9.17) is 32.8 Å². The minimum Gasteiger partial charge on any atom is -0.399 e. The average Bonchev–Trinajstić information content (AvgIpc) is 4.08. The van der Waals surface area contributed by atoms with Gasteiger partial charge in [-0.15, -0.1) is 0 Å². The lowest BCUT2D eigenvalue weighted by Crippen LogP contribution is -2.41. The van der Waals surface area contributed by atoms with Gasteiger partial charge in [0.2, 0.25) is 11.8 Å². The molecule has 5 aromatic rings. The van der Waals surface area contributed by atoms with Crippen LogP contribution in [-0.4, -0.2) is 137 Å². The van der Waals surface area contributed by atoms with Crippen LogP contribution in [0, 0.1) is 5.92 Å². The third-order valence-electron chi connectivity index (χ3n) is 15.1. The Balaban J connectivity index is 0.000000146. The van der Waals surface area contributed by atoms with Crippen LogP contribution in [0.15, 0.2) is 91.0 Å². The zero-order chi connectivity index (χ0) is 54.3. The van der Waals surface area contributed by atoms with Gasteiger partial charge in [0.15, 0.2) is 17.3 Å². The summed E-state index contributed by atoms with van der Waals surface area (Å²) >= 11 is 3.44. The van der Waals surface area contributed by atoms with Gasteiger partial charge >= 0.3 is 14.2 Å². The summed E-state index contributed by atoms with van der Waals surface area (Å²) in [6, 6.07) is 30.4. The first-order valence-electron chi connectivity index (χ1n) is 26.4. The van der Waals surface area contributed by atoms with Gasteiger partial charge in [0.25, 0.3) is 0 Å². The molecule has 7 heterocycles. The highest BCUT2D eigenvalue weighted by atomic mass is 79.9. The molecule has 1 saturated carbocycles. The van der Waals surface area contributed by atoms with Crippen LogP contribution in [0.25, 0.3) is 16.9 Å². The maximum atomic E-state index is 12.1. The van der Waals surface area contributed by atoms with E-state index < -0.39 is 0 Å². The minimum atomic E-state index is -0.348. The third-order valence-corrected chi connectivity index (χ3v) is 15.8. The number of benzene rings is 3. The van der Waals surface area contributed by atoms with Gasteiger partial charge in [0.1, 0.15) is 25.6 Å². The monoisotopic (exact) mass is 1100 g/mol. The molecule has 0 radical (unpaired) electrons. The number of morpholine rings is 2. The maximum Gasteiger partial charge on any atom is 0.494 e. The number of aromatic nitrogens is 3. The molecule has 6 fully saturated rings. The first-order valence-corrected chi connectivity index (χ1v) is 27.5. The van der Waals surface area contributed by atoms with E-state index >= 15 is 0 Å². The summed E-state index contributed by atoms with van der Waals surface area (Å²) in [6.45, 7) is 21.6. The van der Waals surface area contributed by atoms with Crippen molar-refractivity contribution in [1.29, 1.82) is 0 Å². The number of rotatable bonds is 11. The van der Waals surface area contributed by atoms with Crippen LogP contribution in [0.3, 0.4) is 0 Å². The van der Waals surface area contributed by atoms with Crippen LogP contribution in [0.5, 0.6) is 0 Å². The Bertz CT molecular complexity index is 2760. The fourth-order valence-corrected chi connectivity index (χ4v) is 9.11. The lowest BCUT2D eigenvalue weighted by atomic mass is 9.79. The molecular weight excluding hydrogens is 1030 g/mol. The number of pyridine rings is 1. The van der Waals surface area contributed by atoms with E-state index in [1.54, 1.807) is 4.52 Å². The molecule has 0 bridgehead atoms. The average molecular weight is 1100 g/mol. The number of carbonyl (C=O) groups is 4. The first-order chi connectivity index (χ1) is 36.2. The fraction of sp³-hybridized carbons (Fsp3) is 0.509. The number of amides is 2. The predicted octanol–water partition coefficient (Wildman–Crippen LogP) is 6.87. The lowest BCUT2D eigenvalue weighted by Gasteiger charge is -2.32. The highest BCUT2D eigenvalue weighted by Gasteiger charge is 2.52. The van der Waals surface area contributed by atoms with Crippen molar-refractivity contribution in [3.8, 4) is 11.3 Å². The molecule has 16 nitrogen and oxygen atoms in total. The van der Waals surface area contributed by atoms with Gasteiger partial charge in [-0.05, 0) is 114 Å². The van der Waals surface area contributed by atoms with Gasteiger partial charge in [-0.25, -0.2) is 9.50 Å². The standard InChI is InChI=1S/C22H22N4O3.C17H24BNO4.C13H18BBrO2.C5H8O2/c27-19(17-8-9-17)12-20-23-21-3-1-2-18(26(21)24-20)16-6-4-15(5-7-16)13-25-10-11-29-14-22(25)28;1-16(2)17(3,4)23-18(22-16)14-7-5-13(6-8-14)11-19-9-10-21-12-15(19)20;1-12(2)13(3,4)17-14(16-12)11-7-5-10(9-15)6-8-11;6-5-2-1-3-7-4-5/h1-7,17H,8-14H2;5-8H,9-12H2,1-4H3;5-8H,9H2,1-4H3;1-4H2. The van der Waals surface area contributed by atoms with Crippen molar-refractivity contribution in [2.75, 3.05) is 52.7 Å². The Morgan fingerprint density at radius 1 is 0.618 bits per heavy atom. The van der Waals surface area contributed by atoms with Crippen molar-refractivity contribution in [2.45, 2.75) is 128 Å². The Labute approximate surface area is 456 Å². The zero-order valence-corrected chi connectivity index (χ0v) is 46.9. The molecule has 2 amide bonds. The van der Waals surface area contributed by atoms with E-state index in [-0.39, 0.29) is 79.2 Å². The number of Topliss-reactive ketones (excluding diaryl/α,β-unsaturated/α-hetero) is 2. The first kappa shape index (κ1) is 57.1. The molecule has 5 saturated heterocycles. The van der Waals surface area contributed by atoms with Crippen LogP contribution < -0.4 is 10.9 Å². The second-order valence-corrected chi connectivity index (χ2v) is 22.6. The molecule has 5 aliphatic heterocycles. The van der Waals surface area contributed by atoms with Gasteiger partial charge in [-0.1, -0.05) is 94.8 Å². The van der Waals surface area contributed by atoms with E-state index in [0.29, 0.717) is 58.2 Å². The molecule has 404 valence electrons. The van der Waals surface area contributed by atoms with Crippen molar-refractivity contribution in [3.05, 3.63) is 114 Å². The number of hydrogen-bond acceptors (Lipinski definition) is 13. The molecule has 1 aliphatic carbocycles. The van der Waals surface area contributed by atoms with Gasteiger partial charge < -0.3 is 42.6 Å². The second kappa shape index (κ2) is 24.7. The molecule has 11 rings (SSSR count). The topological polar surface area (TPSA) is 170 Å². The van der Waals surface area contributed by atoms with E-state index in [2.05, 4.69) is 78.0 Å². The van der Waals surface area contributed by atoms with Gasteiger partial charge in [-0.2, -0.15) is 5.10 Å². The molecular formula is C57H72B2BrN5O11. The fourth-order valence-electron chi connectivity index (χ4n) is 8.74. The summed E-state index contributed by atoms with van der Waals surface area (Å²) in [4.78, 5) is 54.3. The van der Waals surface area contributed by atoms with Gasteiger partial charge in [0.05, 0.1) is 47.7 Å². The van der Waals surface area contributed by atoms with Crippen LogP contribution in [0.2, 0.25) is 0 Å². The number of nitrogens with zero attached hydrogens (tertiary/aromatic N) is 5. The van der Waals surface area contributed by atoms with E-state index in [1.807, 2.05) is 104 Å². The Hall–Kier alpha value is -5.11. The maximum absolute atomic E-state index is 12.1. The van der Waals surface area contributed by atoms with E-state index in [1.165, 1.54) is 5.56 Å². The third kappa shape index (κ3) is 14.5. The molecule has 19 heteroatoms. The summed E-state index contributed by atoms with van der Waals surface area (Å²) in [5.74, 6) is 1.35. The van der Waals surface area contributed by atoms with Gasteiger partial charge in [-0.3, -0.25) is 19.2 Å². The normalized spacial score (nSPS) is 20.6. The van der Waals surface area contributed by atoms with Crippen molar-refractivity contribution in [2.24, 2.45) is 5.92 Å². The summed E-state index contributed by atoms with van der Waals surface area (Å²) in [6.07, 6.45) is 3.94. The SMILES string of the molecule is CC1(C)OB(c2ccc(CBr)cc2)OC1(C)C.CC1(C)OB(c2ccc(CN3CCOCC3=O)cc2)OC1(C)C.O=C(Cc1nc2cccc(-c3ccc(CN4CCOCC4=O)cc3)n2n1)C1CC1.O=C1CCCOC1. The van der Waals surface area contributed by atoms with Gasteiger partial charge in [0, 0.05) is 56.0 Å². The number of halogens is 1. The largest absolute Gasteiger partial charge is 0.494 e. The van der Waals surface area contributed by atoms with Crippen molar-refractivity contribution in [1.82, 2.24) is 24.4 Å².